The Hall–Kier alpha value is -2.98. The molecule has 2 aromatic rings. The van der Waals surface area contributed by atoms with E-state index in [9.17, 15) is 18.0 Å². The van der Waals surface area contributed by atoms with Gasteiger partial charge in [-0.1, -0.05) is 12.5 Å². The Kier molecular flexibility index (Phi) is 7.81. The first-order valence-electron chi connectivity index (χ1n) is 10.5. The van der Waals surface area contributed by atoms with Crippen LogP contribution in [0.4, 0.5) is 5.69 Å². The van der Waals surface area contributed by atoms with Crippen molar-refractivity contribution in [2.24, 2.45) is 0 Å². The van der Waals surface area contributed by atoms with Crippen molar-refractivity contribution in [2.75, 3.05) is 31.6 Å². The summed E-state index contributed by atoms with van der Waals surface area (Å²) in [6, 6.07) is 7.75. The second-order valence-corrected chi connectivity index (χ2v) is 9.26. The summed E-state index contributed by atoms with van der Waals surface area (Å²) in [5.74, 6) is -1.20. The molecule has 0 spiro atoms. The lowest BCUT2D eigenvalue weighted by molar-refractivity contribution is -0.119. The van der Waals surface area contributed by atoms with Crippen LogP contribution in [-0.2, 0) is 19.6 Å². The number of rotatable bonds is 8. The molecule has 32 heavy (non-hydrogen) atoms. The van der Waals surface area contributed by atoms with Crippen molar-refractivity contribution < 1.29 is 27.5 Å². The Balaban J connectivity index is 1.66. The minimum atomic E-state index is -3.65. The monoisotopic (exact) mass is 461 g/mol. The summed E-state index contributed by atoms with van der Waals surface area (Å²) in [6.45, 7) is 4.25. The van der Waals surface area contributed by atoms with E-state index in [-0.39, 0.29) is 16.3 Å². The number of amides is 1. The molecule has 9 nitrogen and oxygen atoms in total. The highest BCUT2D eigenvalue weighted by Gasteiger charge is 2.27. The molecule has 3 rings (SSSR count). The van der Waals surface area contributed by atoms with E-state index < -0.39 is 28.5 Å². The zero-order valence-electron chi connectivity index (χ0n) is 18.2. The number of ether oxygens (including phenoxy) is 2. The minimum Gasteiger partial charge on any atom is -0.477 e. The minimum absolute atomic E-state index is 0.118. The van der Waals surface area contributed by atoms with Crippen LogP contribution < -0.4 is 10.1 Å². The summed E-state index contributed by atoms with van der Waals surface area (Å²) in [6.07, 6.45) is 4.18. The molecule has 0 saturated carbocycles. The molecule has 10 heteroatoms. The van der Waals surface area contributed by atoms with Crippen molar-refractivity contribution in [3.63, 3.8) is 0 Å². The molecule has 1 aromatic carbocycles. The van der Waals surface area contributed by atoms with E-state index in [1.807, 2.05) is 0 Å². The fraction of sp³-hybridized carbons (Fsp3) is 0.409. The standard InChI is InChI=1S/C22H27N3O6S/c1-3-30-21-18(8-7-11-23-21)22(27)31-15-20(26)24-17-10-9-16(2)19(14-17)32(28,29)25-12-5-4-6-13-25/h7-11,14H,3-6,12-13,15H2,1-2H3,(H,24,26). The van der Waals surface area contributed by atoms with Gasteiger partial charge in [-0.2, -0.15) is 4.31 Å². The topological polar surface area (TPSA) is 115 Å². The molecule has 1 aromatic heterocycles. The molecule has 1 N–H and O–H groups in total. The number of esters is 1. The van der Waals surface area contributed by atoms with Gasteiger partial charge in [-0.3, -0.25) is 4.79 Å². The largest absolute Gasteiger partial charge is 0.477 e. The van der Waals surface area contributed by atoms with E-state index >= 15 is 0 Å². The third-order valence-electron chi connectivity index (χ3n) is 5.01. The predicted octanol–water partition coefficient (Wildman–Crippen LogP) is 2.76. The Bertz CT molecular complexity index is 1080. The molecule has 1 aliphatic rings. The quantitative estimate of drug-likeness (QED) is 0.601. The predicted molar refractivity (Wildman–Crippen MR) is 118 cm³/mol. The molecule has 0 aliphatic carbocycles. The summed E-state index contributed by atoms with van der Waals surface area (Å²) in [5, 5.41) is 2.59. The van der Waals surface area contributed by atoms with Crippen molar-refractivity contribution in [3.8, 4) is 5.88 Å². The Morgan fingerprint density at radius 2 is 1.91 bits per heavy atom. The maximum absolute atomic E-state index is 13.0. The lowest BCUT2D eigenvalue weighted by atomic mass is 10.2. The van der Waals surface area contributed by atoms with Gasteiger partial charge in [-0.15, -0.1) is 0 Å². The number of carbonyl (C=O) groups excluding carboxylic acids is 2. The van der Waals surface area contributed by atoms with E-state index in [0.717, 1.165) is 19.3 Å². The van der Waals surface area contributed by atoms with Crippen LogP contribution in [0.15, 0.2) is 41.4 Å². The van der Waals surface area contributed by atoms with Gasteiger partial charge in [0.05, 0.1) is 11.5 Å². The summed E-state index contributed by atoms with van der Waals surface area (Å²) >= 11 is 0. The van der Waals surface area contributed by atoms with E-state index in [4.69, 9.17) is 9.47 Å². The fourth-order valence-electron chi connectivity index (χ4n) is 3.40. The van der Waals surface area contributed by atoms with Crippen LogP contribution in [0.25, 0.3) is 0 Å². The second kappa shape index (κ2) is 10.6. The maximum atomic E-state index is 13.0. The van der Waals surface area contributed by atoms with Gasteiger partial charge in [0.2, 0.25) is 15.9 Å². The van der Waals surface area contributed by atoms with Crippen molar-refractivity contribution in [1.82, 2.24) is 9.29 Å². The van der Waals surface area contributed by atoms with Gasteiger partial charge in [-0.05, 0) is 56.5 Å². The van der Waals surface area contributed by atoms with Crippen LogP contribution in [0.2, 0.25) is 0 Å². The van der Waals surface area contributed by atoms with Crippen LogP contribution in [-0.4, -0.2) is 55.9 Å². The van der Waals surface area contributed by atoms with Crippen LogP contribution in [0.3, 0.4) is 0 Å². The summed E-state index contributed by atoms with van der Waals surface area (Å²) in [7, 11) is -3.65. The zero-order valence-corrected chi connectivity index (χ0v) is 19.0. The number of aromatic nitrogens is 1. The molecule has 1 fully saturated rings. The first-order chi connectivity index (χ1) is 15.3. The average molecular weight is 462 g/mol. The molecule has 2 heterocycles. The van der Waals surface area contributed by atoms with Gasteiger partial charge in [-0.25, -0.2) is 18.2 Å². The Morgan fingerprint density at radius 1 is 1.16 bits per heavy atom. The van der Waals surface area contributed by atoms with Gasteiger partial charge in [0.25, 0.3) is 5.91 Å². The number of piperidine rings is 1. The molecule has 1 aliphatic heterocycles. The SMILES string of the molecule is CCOc1ncccc1C(=O)OCC(=O)Nc1ccc(C)c(S(=O)(=O)N2CCCCC2)c1. The van der Waals surface area contributed by atoms with Crippen LogP contribution in [0.5, 0.6) is 5.88 Å². The number of benzene rings is 1. The molecular weight excluding hydrogens is 434 g/mol. The van der Waals surface area contributed by atoms with E-state index in [2.05, 4.69) is 10.3 Å². The number of hydrogen-bond donors (Lipinski definition) is 1. The molecular formula is C22H27N3O6S. The summed E-state index contributed by atoms with van der Waals surface area (Å²) in [4.78, 5) is 28.7. The first-order valence-corrected chi connectivity index (χ1v) is 11.9. The van der Waals surface area contributed by atoms with Crippen molar-refractivity contribution in [1.29, 1.82) is 0 Å². The van der Waals surface area contributed by atoms with Gasteiger partial charge in [0, 0.05) is 25.0 Å². The van der Waals surface area contributed by atoms with Gasteiger partial charge >= 0.3 is 5.97 Å². The van der Waals surface area contributed by atoms with Crippen molar-refractivity contribution in [2.45, 2.75) is 38.0 Å². The highest BCUT2D eigenvalue weighted by Crippen LogP contribution is 2.26. The third kappa shape index (κ3) is 5.63. The maximum Gasteiger partial charge on any atom is 0.344 e. The average Bonchev–Trinajstić information content (AvgIpc) is 2.80. The van der Waals surface area contributed by atoms with E-state index in [1.165, 1.54) is 22.6 Å². The number of sulfonamides is 1. The summed E-state index contributed by atoms with van der Waals surface area (Å²) in [5.41, 5.74) is 1.02. The Morgan fingerprint density at radius 3 is 2.62 bits per heavy atom. The zero-order chi connectivity index (χ0) is 23.1. The van der Waals surface area contributed by atoms with Crippen LogP contribution in [0, 0.1) is 6.92 Å². The van der Waals surface area contributed by atoms with E-state index in [0.29, 0.717) is 30.9 Å². The molecule has 1 amide bonds. The fourth-order valence-corrected chi connectivity index (χ4v) is 5.17. The molecule has 1 saturated heterocycles. The normalized spacial score (nSPS) is 14.6. The van der Waals surface area contributed by atoms with Gasteiger partial charge in [0.1, 0.15) is 5.56 Å². The number of nitrogens with zero attached hydrogens (tertiary/aromatic N) is 2. The van der Waals surface area contributed by atoms with Gasteiger partial charge in [0.15, 0.2) is 6.61 Å². The molecule has 0 radical (unpaired) electrons. The number of aryl methyl sites for hydroxylation is 1. The highest BCUT2D eigenvalue weighted by molar-refractivity contribution is 7.89. The number of pyridine rings is 1. The third-order valence-corrected chi connectivity index (χ3v) is 7.05. The molecule has 172 valence electrons. The number of nitrogens with one attached hydrogen (secondary N) is 1. The smallest absolute Gasteiger partial charge is 0.344 e. The second-order valence-electron chi connectivity index (χ2n) is 7.36. The first kappa shape index (κ1) is 23.7. The summed E-state index contributed by atoms with van der Waals surface area (Å²) < 4.78 is 37.9. The van der Waals surface area contributed by atoms with Crippen molar-refractivity contribution >= 4 is 27.6 Å². The number of carbonyl (C=O) groups is 2. The number of hydrogen-bond acceptors (Lipinski definition) is 7. The van der Waals surface area contributed by atoms with Crippen molar-refractivity contribution in [3.05, 3.63) is 47.7 Å². The highest BCUT2D eigenvalue weighted by atomic mass is 32.2. The lowest BCUT2D eigenvalue weighted by Crippen LogP contribution is -2.36. The molecule has 0 bridgehead atoms. The van der Waals surface area contributed by atoms with E-state index in [1.54, 1.807) is 32.0 Å². The Labute approximate surface area is 187 Å². The lowest BCUT2D eigenvalue weighted by Gasteiger charge is -2.26. The van der Waals surface area contributed by atoms with Crippen LogP contribution in [0.1, 0.15) is 42.1 Å². The van der Waals surface area contributed by atoms with Gasteiger partial charge < -0.3 is 14.8 Å². The van der Waals surface area contributed by atoms with Crippen LogP contribution >= 0.6 is 0 Å². The molecule has 0 unspecified atom stereocenters. The molecule has 0 atom stereocenters. The number of anilines is 1.